The average Bonchev–Trinajstić information content (AvgIpc) is 2.73. The van der Waals surface area contributed by atoms with E-state index < -0.39 is 30.1 Å². The minimum Gasteiger partial charge on any atom is -0.455 e. The number of halogens is 3. The van der Waals surface area contributed by atoms with Gasteiger partial charge < -0.3 is 19.4 Å². The standard InChI is InChI=1S/C20H21BF3NO3/c1-18(2)19(3,4)28-21(27-18)14-6-8-16-12(9-14)11-25-15-10-13(20(22,23)24)5-7-17(15)26-16/h5-10,25H,11H2,1-4H3. The van der Waals surface area contributed by atoms with Gasteiger partial charge in [-0.2, -0.15) is 13.2 Å². The lowest BCUT2D eigenvalue weighted by Crippen LogP contribution is -2.41. The van der Waals surface area contributed by atoms with Crippen molar-refractivity contribution in [3.63, 3.8) is 0 Å². The van der Waals surface area contributed by atoms with E-state index in [9.17, 15) is 13.2 Å². The fraction of sp³-hybridized carbons (Fsp3) is 0.400. The van der Waals surface area contributed by atoms with E-state index in [0.717, 1.165) is 23.2 Å². The summed E-state index contributed by atoms with van der Waals surface area (Å²) in [5.41, 5.74) is 0.337. The first-order chi connectivity index (χ1) is 13.0. The molecule has 0 saturated carbocycles. The van der Waals surface area contributed by atoms with Gasteiger partial charge in [0.05, 0.1) is 22.5 Å². The maximum Gasteiger partial charge on any atom is 0.494 e. The van der Waals surface area contributed by atoms with Gasteiger partial charge in [-0.1, -0.05) is 12.1 Å². The highest BCUT2D eigenvalue weighted by Gasteiger charge is 2.51. The second-order valence-electron chi connectivity index (χ2n) is 8.12. The molecule has 1 fully saturated rings. The molecule has 2 aliphatic rings. The number of anilines is 1. The van der Waals surface area contributed by atoms with Gasteiger partial charge in [-0.15, -0.1) is 0 Å². The van der Waals surface area contributed by atoms with Gasteiger partial charge >= 0.3 is 13.3 Å². The first-order valence-electron chi connectivity index (χ1n) is 9.08. The third kappa shape index (κ3) is 3.24. The van der Waals surface area contributed by atoms with Gasteiger partial charge in [0, 0.05) is 12.1 Å². The Morgan fingerprint density at radius 1 is 0.929 bits per heavy atom. The van der Waals surface area contributed by atoms with Crippen LogP contribution >= 0.6 is 0 Å². The third-order valence-electron chi connectivity index (χ3n) is 5.61. The zero-order valence-electron chi connectivity index (χ0n) is 16.1. The van der Waals surface area contributed by atoms with Gasteiger partial charge in [-0.05, 0) is 57.4 Å². The fourth-order valence-corrected chi connectivity index (χ4v) is 3.21. The summed E-state index contributed by atoms with van der Waals surface area (Å²) in [6.07, 6.45) is -4.40. The number of benzene rings is 2. The quantitative estimate of drug-likeness (QED) is 0.715. The summed E-state index contributed by atoms with van der Waals surface area (Å²) in [5, 5.41) is 3.04. The summed E-state index contributed by atoms with van der Waals surface area (Å²) in [6.45, 7) is 8.26. The molecule has 0 aromatic heterocycles. The van der Waals surface area contributed by atoms with Crippen LogP contribution in [0.3, 0.4) is 0 Å². The molecule has 0 aliphatic carbocycles. The van der Waals surface area contributed by atoms with Crippen LogP contribution in [0.4, 0.5) is 18.9 Å². The maximum atomic E-state index is 13.0. The number of fused-ring (bicyclic) bond motifs is 2. The van der Waals surface area contributed by atoms with Crippen LogP contribution in [0.15, 0.2) is 36.4 Å². The molecular weight excluding hydrogens is 370 g/mol. The number of nitrogens with one attached hydrogen (secondary N) is 1. The molecule has 1 N–H and O–H groups in total. The number of alkyl halides is 3. The highest BCUT2D eigenvalue weighted by atomic mass is 19.4. The molecule has 148 valence electrons. The summed E-state index contributed by atoms with van der Waals surface area (Å²) < 4.78 is 56.9. The predicted molar refractivity (Wildman–Crippen MR) is 101 cm³/mol. The molecule has 0 unspecified atom stereocenters. The van der Waals surface area contributed by atoms with Crippen molar-refractivity contribution in [2.75, 3.05) is 5.32 Å². The zero-order valence-corrected chi connectivity index (χ0v) is 16.1. The van der Waals surface area contributed by atoms with E-state index in [4.69, 9.17) is 14.0 Å². The van der Waals surface area contributed by atoms with Crippen molar-refractivity contribution < 1.29 is 27.2 Å². The van der Waals surface area contributed by atoms with Gasteiger partial charge in [0.15, 0.2) is 5.75 Å². The molecule has 2 aromatic carbocycles. The first kappa shape index (κ1) is 19.1. The summed E-state index contributed by atoms with van der Waals surface area (Å²) in [6, 6.07) is 8.98. The largest absolute Gasteiger partial charge is 0.494 e. The second kappa shape index (κ2) is 6.16. The highest BCUT2D eigenvalue weighted by molar-refractivity contribution is 6.62. The van der Waals surface area contributed by atoms with E-state index in [1.54, 1.807) is 6.07 Å². The van der Waals surface area contributed by atoms with Gasteiger partial charge in [-0.25, -0.2) is 0 Å². The monoisotopic (exact) mass is 391 g/mol. The molecule has 0 atom stereocenters. The van der Waals surface area contributed by atoms with E-state index in [-0.39, 0.29) is 0 Å². The second-order valence-corrected chi connectivity index (χ2v) is 8.12. The normalized spacial score (nSPS) is 19.9. The molecule has 2 aliphatic heterocycles. The van der Waals surface area contributed by atoms with Crippen LogP contribution < -0.4 is 15.5 Å². The molecule has 8 heteroatoms. The first-order valence-corrected chi connectivity index (χ1v) is 9.08. The van der Waals surface area contributed by atoms with Gasteiger partial charge in [0.25, 0.3) is 0 Å². The SMILES string of the molecule is CC1(C)OB(c2ccc3c(c2)CNc2cc(C(F)(F)F)ccc2O3)OC1(C)C. The smallest absolute Gasteiger partial charge is 0.455 e. The van der Waals surface area contributed by atoms with Crippen LogP contribution in [0.5, 0.6) is 11.5 Å². The van der Waals surface area contributed by atoms with Crippen molar-refractivity contribution >= 4 is 18.3 Å². The van der Waals surface area contributed by atoms with Crippen LogP contribution in [-0.4, -0.2) is 18.3 Å². The molecule has 4 nitrogen and oxygen atoms in total. The Bertz CT molecular complexity index is 911. The Balaban J connectivity index is 1.61. The van der Waals surface area contributed by atoms with Crippen LogP contribution in [0.25, 0.3) is 0 Å². The molecule has 4 rings (SSSR count). The zero-order chi connectivity index (χ0) is 20.3. The van der Waals surface area contributed by atoms with E-state index in [0.29, 0.717) is 23.7 Å². The van der Waals surface area contributed by atoms with Crippen molar-refractivity contribution in [2.24, 2.45) is 0 Å². The van der Waals surface area contributed by atoms with Gasteiger partial charge in [0.2, 0.25) is 0 Å². The number of hydrogen-bond acceptors (Lipinski definition) is 4. The van der Waals surface area contributed by atoms with E-state index in [1.165, 1.54) is 6.07 Å². The van der Waals surface area contributed by atoms with Crippen molar-refractivity contribution in [3.8, 4) is 11.5 Å². The van der Waals surface area contributed by atoms with E-state index >= 15 is 0 Å². The molecule has 28 heavy (non-hydrogen) atoms. The molecule has 1 saturated heterocycles. The average molecular weight is 391 g/mol. The summed E-state index contributed by atoms with van der Waals surface area (Å²) in [5.74, 6) is 0.946. The number of hydrogen-bond donors (Lipinski definition) is 1. The van der Waals surface area contributed by atoms with Crippen LogP contribution in [0.1, 0.15) is 38.8 Å². The number of rotatable bonds is 1. The molecule has 0 amide bonds. The Morgan fingerprint density at radius 3 is 2.21 bits per heavy atom. The highest BCUT2D eigenvalue weighted by Crippen LogP contribution is 2.40. The maximum absolute atomic E-state index is 13.0. The molecule has 0 bridgehead atoms. The van der Waals surface area contributed by atoms with Crippen molar-refractivity contribution in [2.45, 2.75) is 51.6 Å². The lowest BCUT2D eigenvalue weighted by Gasteiger charge is -2.32. The van der Waals surface area contributed by atoms with Gasteiger partial charge in [0.1, 0.15) is 5.75 Å². The molecule has 2 aromatic rings. The van der Waals surface area contributed by atoms with Crippen molar-refractivity contribution in [3.05, 3.63) is 47.5 Å². The van der Waals surface area contributed by atoms with Gasteiger partial charge in [-0.3, -0.25) is 0 Å². The Kier molecular flexibility index (Phi) is 4.21. The lowest BCUT2D eigenvalue weighted by atomic mass is 9.78. The predicted octanol–water partition coefficient (Wildman–Crippen LogP) is 4.72. The van der Waals surface area contributed by atoms with Crippen LogP contribution in [0, 0.1) is 0 Å². The Labute approximate surface area is 162 Å². The molecule has 0 radical (unpaired) electrons. The van der Waals surface area contributed by atoms with Crippen molar-refractivity contribution in [1.29, 1.82) is 0 Å². The summed E-state index contributed by atoms with van der Waals surface area (Å²) in [7, 11) is -0.516. The minimum absolute atomic E-state index is 0.309. The number of ether oxygens (including phenoxy) is 1. The molecule has 2 heterocycles. The Hall–Kier alpha value is -2.19. The Morgan fingerprint density at radius 2 is 1.57 bits per heavy atom. The summed E-state index contributed by atoms with van der Waals surface area (Å²) in [4.78, 5) is 0. The molecule has 0 spiro atoms. The van der Waals surface area contributed by atoms with Crippen molar-refractivity contribution in [1.82, 2.24) is 0 Å². The molecular formula is C20H21BF3NO3. The summed E-state index contributed by atoms with van der Waals surface area (Å²) >= 11 is 0. The lowest BCUT2D eigenvalue weighted by molar-refractivity contribution is -0.137. The fourth-order valence-electron chi connectivity index (χ4n) is 3.21. The van der Waals surface area contributed by atoms with Crippen LogP contribution in [0.2, 0.25) is 0 Å². The van der Waals surface area contributed by atoms with Crippen LogP contribution in [-0.2, 0) is 22.0 Å². The van der Waals surface area contributed by atoms with E-state index in [2.05, 4.69) is 5.32 Å². The third-order valence-corrected chi connectivity index (χ3v) is 5.61. The topological polar surface area (TPSA) is 39.7 Å². The van der Waals surface area contributed by atoms with E-state index in [1.807, 2.05) is 39.8 Å². The minimum atomic E-state index is -4.40.